The van der Waals surface area contributed by atoms with Crippen molar-refractivity contribution in [3.8, 4) is 11.5 Å². The van der Waals surface area contributed by atoms with Crippen LogP contribution in [0.3, 0.4) is 0 Å². The van der Waals surface area contributed by atoms with Gasteiger partial charge in [-0.1, -0.05) is 6.08 Å². The summed E-state index contributed by atoms with van der Waals surface area (Å²) in [6.45, 7) is 3.52. The Balaban J connectivity index is 2.96. The van der Waals surface area contributed by atoms with Gasteiger partial charge in [0.05, 0.1) is 20.0 Å². The van der Waals surface area contributed by atoms with Gasteiger partial charge in [-0.2, -0.15) is 0 Å². The molecule has 1 N–H and O–H groups in total. The highest BCUT2D eigenvalue weighted by Crippen LogP contribution is 2.27. The van der Waals surface area contributed by atoms with Gasteiger partial charge >= 0.3 is 0 Å². The summed E-state index contributed by atoms with van der Waals surface area (Å²) in [5.41, 5.74) is 0. The molecule has 0 saturated carbocycles. The first kappa shape index (κ1) is 17.4. The van der Waals surface area contributed by atoms with E-state index in [4.69, 9.17) is 9.47 Å². The number of ether oxygens (including phenoxy) is 2. The number of rotatable bonds is 8. The molecule has 0 atom stereocenters. The van der Waals surface area contributed by atoms with Crippen LogP contribution >= 0.6 is 11.8 Å². The summed E-state index contributed by atoms with van der Waals surface area (Å²) in [7, 11) is -1.25. The third-order valence-electron chi connectivity index (χ3n) is 2.38. The van der Waals surface area contributed by atoms with Gasteiger partial charge in [0, 0.05) is 11.8 Å². The van der Waals surface area contributed by atoms with Crippen LogP contribution in [0.15, 0.2) is 35.7 Å². The van der Waals surface area contributed by atoms with Crippen molar-refractivity contribution in [2.45, 2.75) is 4.90 Å². The van der Waals surface area contributed by atoms with Crippen LogP contribution in [-0.2, 0) is 14.8 Å². The molecule has 1 amide bonds. The molecule has 1 rings (SSSR count). The number of sulfonamides is 1. The maximum absolute atomic E-state index is 12.2. The second-order valence-corrected chi connectivity index (χ2v) is 6.53. The molecular formula is C13H17NO5S2. The number of thioether (sulfide) groups is 1. The van der Waals surface area contributed by atoms with Crippen molar-refractivity contribution >= 4 is 27.7 Å². The first-order valence-corrected chi connectivity index (χ1v) is 8.54. The van der Waals surface area contributed by atoms with E-state index >= 15 is 0 Å². The standard InChI is InChI=1S/C13H17NO5S2/c1-4-7-20-9-13(15)14-21(16,17)12-8-10(18-2)5-6-11(12)19-3/h4-6,8H,1,7,9H2,2-3H3,(H,14,15). The molecule has 0 bridgehead atoms. The van der Waals surface area contributed by atoms with Crippen LogP contribution in [0.4, 0.5) is 0 Å². The molecule has 6 nitrogen and oxygen atoms in total. The quantitative estimate of drug-likeness (QED) is 0.573. The fraction of sp³-hybridized carbons (Fsp3) is 0.308. The van der Waals surface area contributed by atoms with E-state index in [2.05, 4.69) is 6.58 Å². The lowest BCUT2D eigenvalue weighted by atomic mass is 10.3. The minimum absolute atomic E-state index is 0.0253. The van der Waals surface area contributed by atoms with Crippen LogP contribution in [0.2, 0.25) is 0 Å². The molecule has 0 radical (unpaired) electrons. The van der Waals surface area contributed by atoms with Crippen molar-refractivity contribution in [2.75, 3.05) is 25.7 Å². The average molecular weight is 331 g/mol. The van der Waals surface area contributed by atoms with Gasteiger partial charge in [-0.3, -0.25) is 4.79 Å². The van der Waals surface area contributed by atoms with Gasteiger partial charge < -0.3 is 9.47 Å². The summed E-state index contributed by atoms with van der Waals surface area (Å²) in [5.74, 6) is 0.472. The molecule has 0 aromatic heterocycles. The predicted octanol–water partition coefficient (Wildman–Crippen LogP) is 1.43. The van der Waals surface area contributed by atoms with Gasteiger partial charge in [0.1, 0.15) is 16.4 Å². The van der Waals surface area contributed by atoms with Crippen molar-refractivity contribution in [3.63, 3.8) is 0 Å². The lowest BCUT2D eigenvalue weighted by Gasteiger charge is -2.12. The Kier molecular flexibility index (Phi) is 6.57. The molecule has 0 aliphatic rings. The maximum atomic E-state index is 12.2. The topological polar surface area (TPSA) is 81.7 Å². The number of nitrogens with one attached hydrogen (secondary N) is 1. The third kappa shape index (κ3) is 4.98. The van der Waals surface area contributed by atoms with Crippen molar-refractivity contribution in [2.24, 2.45) is 0 Å². The summed E-state index contributed by atoms with van der Waals surface area (Å²) in [4.78, 5) is 11.5. The number of benzene rings is 1. The van der Waals surface area contributed by atoms with Crippen LogP contribution in [0.1, 0.15) is 0 Å². The van der Waals surface area contributed by atoms with Crippen molar-refractivity contribution in [1.82, 2.24) is 4.72 Å². The largest absolute Gasteiger partial charge is 0.497 e. The Morgan fingerprint density at radius 1 is 1.38 bits per heavy atom. The normalized spacial score (nSPS) is 10.8. The summed E-state index contributed by atoms with van der Waals surface area (Å²) < 4.78 is 36.4. The summed E-state index contributed by atoms with van der Waals surface area (Å²) in [6.07, 6.45) is 1.64. The third-order valence-corrected chi connectivity index (χ3v) is 4.71. The lowest BCUT2D eigenvalue weighted by Crippen LogP contribution is -2.32. The zero-order valence-corrected chi connectivity index (χ0v) is 13.4. The highest BCUT2D eigenvalue weighted by Gasteiger charge is 2.22. The number of hydrogen-bond acceptors (Lipinski definition) is 6. The number of carbonyl (C=O) groups excluding carboxylic acids is 1. The fourth-order valence-corrected chi connectivity index (χ4v) is 3.27. The minimum Gasteiger partial charge on any atom is -0.497 e. The van der Waals surface area contributed by atoms with Crippen molar-refractivity contribution < 1.29 is 22.7 Å². The minimum atomic E-state index is -4.02. The molecule has 0 aliphatic carbocycles. The van der Waals surface area contributed by atoms with Crippen LogP contribution < -0.4 is 14.2 Å². The fourth-order valence-electron chi connectivity index (χ4n) is 1.46. The van der Waals surface area contributed by atoms with E-state index in [0.29, 0.717) is 11.5 Å². The van der Waals surface area contributed by atoms with Gasteiger partial charge in [0.2, 0.25) is 5.91 Å². The molecule has 1 aromatic carbocycles. The summed E-state index contributed by atoms with van der Waals surface area (Å²) >= 11 is 1.26. The Labute approximate surface area is 128 Å². The van der Waals surface area contributed by atoms with Gasteiger partial charge in [0.15, 0.2) is 0 Å². The number of methoxy groups -OCH3 is 2. The summed E-state index contributed by atoms with van der Waals surface area (Å²) in [5, 5.41) is 0. The lowest BCUT2D eigenvalue weighted by molar-refractivity contribution is -0.116. The molecular weight excluding hydrogens is 314 g/mol. The Morgan fingerprint density at radius 3 is 2.67 bits per heavy atom. The highest BCUT2D eigenvalue weighted by atomic mass is 32.2. The molecule has 0 heterocycles. The molecule has 0 unspecified atom stereocenters. The van der Waals surface area contributed by atoms with Crippen molar-refractivity contribution in [1.29, 1.82) is 0 Å². The Morgan fingerprint density at radius 2 is 2.10 bits per heavy atom. The predicted molar refractivity (Wildman–Crippen MR) is 82.4 cm³/mol. The van der Waals surface area contributed by atoms with Gasteiger partial charge in [-0.15, -0.1) is 18.3 Å². The van der Waals surface area contributed by atoms with Gasteiger partial charge in [0.25, 0.3) is 10.0 Å². The van der Waals surface area contributed by atoms with E-state index in [-0.39, 0.29) is 16.4 Å². The smallest absolute Gasteiger partial charge is 0.267 e. The number of hydrogen-bond donors (Lipinski definition) is 1. The first-order chi connectivity index (χ1) is 9.94. The average Bonchev–Trinajstić information content (AvgIpc) is 2.46. The van der Waals surface area contributed by atoms with E-state index in [1.807, 2.05) is 4.72 Å². The zero-order valence-electron chi connectivity index (χ0n) is 11.8. The molecule has 8 heteroatoms. The molecule has 21 heavy (non-hydrogen) atoms. The number of amides is 1. The molecule has 116 valence electrons. The molecule has 1 aromatic rings. The van der Waals surface area contributed by atoms with E-state index in [0.717, 1.165) is 0 Å². The monoisotopic (exact) mass is 331 g/mol. The molecule has 0 spiro atoms. The van der Waals surface area contributed by atoms with E-state index in [1.54, 1.807) is 12.1 Å². The van der Waals surface area contributed by atoms with Crippen LogP contribution in [0.5, 0.6) is 11.5 Å². The molecule has 0 fully saturated rings. The Hall–Kier alpha value is -1.67. The zero-order chi connectivity index (χ0) is 15.9. The second kappa shape index (κ2) is 7.94. The van der Waals surface area contributed by atoms with Gasteiger partial charge in [-0.05, 0) is 12.1 Å². The Bertz CT molecular complexity index is 613. The first-order valence-electron chi connectivity index (χ1n) is 5.91. The van der Waals surface area contributed by atoms with Crippen molar-refractivity contribution in [3.05, 3.63) is 30.9 Å². The van der Waals surface area contributed by atoms with E-state index in [9.17, 15) is 13.2 Å². The van der Waals surface area contributed by atoms with E-state index < -0.39 is 15.9 Å². The molecule has 0 saturated heterocycles. The second-order valence-electron chi connectivity index (χ2n) is 3.85. The highest BCUT2D eigenvalue weighted by molar-refractivity contribution is 8.00. The maximum Gasteiger partial charge on any atom is 0.267 e. The summed E-state index contributed by atoms with van der Waals surface area (Å²) in [6, 6.07) is 4.33. The van der Waals surface area contributed by atoms with Crippen LogP contribution in [-0.4, -0.2) is 40.1 Å². The molecule has 0 aliphatic heterocycles. The van der Waals surface area contributed by atoms with E-state index in [1.165, 1.54) is 38.1 Å². The van der Waals surface area contributed by atoms with Gasteiger partial charge in [-0.25, -0.2) is 13.1 Å². The SMILES string of the molecule is C=CCSCC(=O)NS(=O)(=O)c1cc(OC)ccc1OC. The number of carbonyl (C=O) groups is 1. The van der Waals surface area contributed by atoms with Crippen LogP contribution in [0.25, 0.3) is 0 Å². The van der Waals surface area contributed by atoms with Crippen LogP contribution in [0, 0.1) is 0 Å².